The Kier molecular flexibility index (Phi) is 5.49. The maximum absolute atomic E-state index is 13.8. The summed E-state index contributed by atoms with van der Waals surface area (Å²) in [7, 11) is 0. The fourth-order valence-electron chi connectivity index (χ4n) is 3.84. The van der Waals surface area contributed by atoms with Gasteiger partial charge >= 0.3 is 18.2 Å². The summed E-state index contributed by atoms with van der Waals surface area (Å²) in [6.07, 6.45) is -4.64. The lowest BCUT2D eigenvalue weighted by Crippen LogP contribution is -2.48. The van der Waals surface area contributed by atoms with Crippen molar-refractivity contribution in [2.45, 2.75) is 20.0 Å². The zero-order chi connectivity index (χ0) is 23.9. The Morgan fingerprint density at radius 3 is 2.09 bits per heavy atom. The molecular formula is C24H20F3N3O3. The molecule has 3 aromatic carbocycles. The second kappa shape index (κ2) is 8.16. The molecule has 0 saturated carbocycles. The van der Waals surface area contributed by atoms with E-state index in [-0.39, 0.29) is 29.4 Å². The molecule has 1 N–H and O–H groups in total. The smallest absolute Gasteiger partial charge is 0.416 e. The third-order valence-electron chi connectivity index (χ3n) is 5.39. The van der Waals surface area contributed by atoms with Crippen LogP contribution in [0.3, 0.4) is 0 Å². The first-order valence-electron chi connectivity index (χ1n) is 10.1. The normalized spacial score (nSPS) is 14.4. The predicted molar refractivity (Wildman–Crippen MR) is 119 cm³/mol. The molecule has 0 aliphatic carbocycles. The van der Waals surface area contributed by atoms with Crippen molar-refractivity contribution in [1.29, 1.82) is 0 Å². The standard InChI is InChI=1S/C24H20F3N3O3/c1-3-28-20-11-9-16(24(25,26)27)14-21(20)29(17-7-5-4-6-8-17)23(33)30(22(28)32)19-12-10-18(31)13-15(19)2/h4-14,31H,3H2,1-2H3. The Morgan fingerprint density at radius 1 is 0.818 bits per heavy atom. The second-order valence-electron chi connectivity index (χ2n) is 7.49. The van der Waals surface area contributed by atoms with Crippen LogP contribution in [0.1, 0.15) is 18.1 Å². The number of nitrogens with zero attached hydrogens (tertiary/aromatic N) is 3. The van der Waals surface area contributed by atoms with Gasteiger partial charge in [0.15, 0.2) is 0 Å². The number of carbonyl (C=O) groups excluding carboxylic acids is 2. The lowest BCUT2D eigenvalue weighted by Gasteiger charge is -2.28. The zero-order valence-corrected chi connectivity index (χ0v) is 17.8. The Balaban J connectivity index is 2.01. The summed E-state index contributed by atoms with van der Waals surface area (Å²) in [4.78, 5) is 30.7. The molecule has 0 bridgehead atoms. The molecule has 1 heterocycles. The van der Waals surface area contributed by atoms with Crippen molar-refractivity contribution in [2.75, 3.05) is 21.2 Å². The molecule has 33 heavy (non-hydrogen) atoms. The van der Waals surface area contributed by atoms with Gasteiger partial charge in [-0.25, -0.2) is 14.5 Å². The number of para-hydroxylation sites is 1. The van der Waals surface area contributed by atoms with E-state index in [1.54, 1.807) is 44.2 Å². The van der Waals surface area contributed by atoms with E-state index in [0.717, 1.165) is 21.9 Å². The number of aromatic hydroxyl groups is 1. The number of carbonyl (C=O) groups is 2. The Morgan fingerprint density at radius 2 is 1.48 bits per heavy atom. The molecule has 0 unspecified atom stereocenters. The van der Waals surface area contributed by atoms with Crippen molar-refractivity contribution < 1.29 is 27.9 Å². The number of phenols is 1. The largest absolute Gasteiger partial charge is 0.508 e. The van der Waals surface area contributed by atoms with Crippen LogP contribution >= 0.6 is 0 Å². The number of rotatable bonds is 3. The van der Waals surface area contributed by atoms with Gasteiger partial charge in [-0.3, -0.25) is 9.80 Å². The van der Waals surface area contributed by atoms with Gasteiger partial charge in [0, 0.05) is 6.54 Å². The molecule has 0 saturated heterocycles. The van der Waals surface area contributed by atoms with Crippen LogP contribution in [0.15, 0.2) is 66.7 Å². The molecule has 9 heteroatoms. The van der Waals surface area contributed by atoms with Gasteiger partial charge in [-0.05, 0) is 67.9 Å². The Hall–Kier alpha value is -4.01. The number of phenolic OH excluding ortho intramolecular Hbond substituents is 1. The molecule has 3 aromatic rings. The number of amides is 4. The van der Waals surface area contributed by atoms with Crippen molar-refractivity contribution >= 4 is 34.8 Å². The first kappa shape index (κ1) is 22.2. The minimum atomic E-state index is -4.64. The molecule has 0 aromatic heterocycles. The summed E-state index contributed by atoms with van der Waals surface area (Å²) in [6, 6.07) is 13.8. The monoisotopic (exact) mass is 455 g/mol. The molecule has 1 aliphatic heterocycles. The highest BCUT2D eigenvalue weighted by molar-refractivity contribution is 6.28. The molecule has 0 fully saturated rings. The molecule has 6 nitrogen and oxygen atoms in total. The van der Waals surface area contributed by atoms with Crippen molar-refractivity contribution in [3.8, 4) is 5.75 Å². The van der Waals surface area contributed by atoms with Gasteiger partial charge in [0.1, 0.15) is 5.75 Å². The second-order valence-corrected chi connectivity index (χ2v) is 7.49. The predicted octanol–water partition coefficient (Wildman–Crippen LogP) is 6.44. The average molecular weight is 455 g/mol. The van der Waals surface area contributed by atoms with Gasteiger partial charge in [-0.15, -0.1) is 0 Å². The maximum Gasteiger partial charge on any atom is 0.416 e. The Labute approximate surface area is 188 Å². The van der Waals surface area contributed by atoms with Crippen LogP contribution in [0.2, 0.25) is 0 Å². The van der Waals surface area contributed by atoms with Crippen LogP contribution in [0, 0.1) is 6.92 Å². The summed E-state index contributed by atoms with van der Waals surface area (Å²) in [5, 5.41) is 9.78. The number of halogens is 3. The first-order valence-corrected chi connectivity index (χ1v) is 10.1. The van der Waals surface area contributed by atoms with Crippen LogP contribution in [-0.2, 0) is 6.18 Å². The van der Waals surface area contributed by atoms with E-state index in [0.29, 0.717) is 11.3 Å². The van der Waals surface area contributed by atoms with Crippen molar-refractivity contribution in [3.05, 3.63) is 77.9 Å². The van der Waals surface area contributed by atoms with Crippen LogP contribution in [0.25, 0.3) is 0 Å². The topological polar surface area (TPSA) is 64.1 Å². The number of benzene rings is 3. The lowest BCUT2D eigenvalue weighted by molar-refractivity contribution is -0.137. The number of urea groups is 2. The number of alkyl halides is 3. The van der Waals surface area contributed by atoms with Gasteiger partial charge < -0.3 is 5.11 Å². The minimum absolute atomic E-state index is 0.0451. The van der Waals surface area contributed by atoms with Gasteiger partial charge in [0.2, 0.25) is 0 Å². The molecule has 0 radical (unpaired) electrons. The highest BCUT2D eigenvalue weighted by Crippen LogP contribution is 2.43. The highest BCUT2D eigenvalue weighted by Gasteiger charge is 2.41. The number of fused-ring (bicyclic) bond motifs is 1. The third kappa shape index (κ3) is 3.86. The summed E-state index contributed by atoms with van der Waals surface area (Å²) in [6.45, 7) is 3.41. The van der Waals surface area contributed by atoms with Crippen molar-refractivity contribution in [3.63, 3.8) is 0 Å². The van der Waals surface area contributed by atoms with E-state index < -0.39 is 23.8 Å². The summed E-state index contributed by atoms with van der Waals surface area (Å²) < 4.78 is 40.7. The van der Waals surface area contributed by atoms with Gasteiger partial charge in [-0.2, -0.15) is 13.2 Å². The Bertz CT molecular complexity index is 1230. The van der Waals surface area contributed by atoms with E-state index in [4.69, 9.17) is 0 Å². The number of imide groups is 1. The van der Waals surface area contributed by atoms with Crippen molar-refractivity contribution in [1.82, 2.24) is 0 Å². The fraction of sp³-hybridized carbons (Fsp3) is 0.167. The summed E-state index contributed by atoms with van der Waals surface area (Å²) in [5.74, 6) is -0.0451. The van der Waals surface area contributed by atoms with E-state index in [1.165, 1.54) is 29.2 Å². The summed E-state index contributed by atoms with van der Waals surface area (Å²) in [5.41, 5.74) is 0.138. The van der Waals surface area contributed by atoms with E-state index in [2.05, 4.69) is 0 Å². The van der Waals surface area contributed by atoms with Crippen LogP contribution in [0.5, 0.6) is 5.75 Å². The third-order valence-corrected chi connectivity index (χ3v) is 5.39. The quantitative estimate of drug-likeness (QED) is 0.494. The van der Waals surface area contributed by atoms with Crippen LogP contribution < -0.4 is 14.7 Å². The molecule has 4 rings (SSSR count). The van der Waals surface area contributed by atoms with Gasteiger partial charge in [0.05, 0.1) is 28.3 Å². The average Bonchev–Trinajstić information content (AvgIpc) is 2.85. The SMILES string of the molecule is CCN1C(=O)N(c2ccc(O)cc2C)C(=O)N(c2ccccc2)c2cc(C(F)(F)F)ccc21. The van der Waals surface area contributed by atoms with Crippen LogP contribution in [0.4, 0.5) is 45.5 Å². The molecular weight excluding hydrogens is 435 g/mol. The fourth-order valence-corrected chi connectivity index (χ4v) is 3.84. The number of anilines is 4. The zero-order valence-electron chi connectivity index (χ0n) is 17.8. The number of aryl methyl sites for hydroxylation is 1. The minimum Gasteiger partial charge on any atom is -0.508 e. The van der Waals surface area contributed by atoms with E-state index >= 15 is 0 Å². The molecule has 170 valence electrons. The van der Waals surface area contributed by atoms with Crippen LogP contribution in [-0.4, -0.2) is 23.7 Å². The van der Waals surface area contributed by atoms with Gasteiger partial charge in [0.25, 0.3) is 0 Å². The highest BCUT2D eigenvalue weighted by atomic mass is 19.4. The number of hydrogen-bond acceptors (Lipinski definition) is 3. The van der Waals surface area contributed by atoms with E-state index in [1.807, 2.05) is 0 Å². The summed E-state index contributed by atoms with van der Waals surface area (Å²) >= 11 is 0. The van der Waals surface area contributed by atoms with E-state index in [9.17, 15) is 27.9 Å². The molecule has 1 aliphatic rings. The van der Waals surface area contributed by atoms with Gasteiger partial charge in [-0.1, -0.05) is 18.2 Å². The molecule has 4 amide bonds. The number of hydrogen-bond donors (Lipinski definition) is 1. The maximum atomic E-state index is 13.8. The molecule has 0 spiro atoms. The lowest BCUT2D eigenvalue weighted by atomic mass is 10.1. The molecule has 0 atom stereocenters. The first-order chi connectivity index (χ1) is 15.6. The van der Waals surface area contributed by atoms with Crippen molar-refractivity contribution in [2.24, 2.45) is 0 Å².